The molecule has 1 aliphatic heterocycles. The van der Waals surface area contributed by atoms with Crippen molar-refractivity contribution in [3.05, 3.63) is 0 Å². The van der Waals surface area contributed by atoms with E-state index in [1.54, 1.807) is 4.90 Å². The lowest BCUT2D eigenvalue weighted by Gasteiger charge is -2.66. The summed E-state index contributed by atoms with van der Waals surface area (Å²) in [5.41, 5.74) is 5.35. The van der Waals surface area contributed by atoms with Crippen molar-refractivity contribution in [3.63, 3.8) is 0 Å². The Morgan fingerprint density at radius 1 is 1.50 bits per heavy atom. The molecule has 0 radical (unpaired) electrons. The summed E-state index contributed by atoms with van der Waals surface area (Å²) in [6.07, 6.45) is 1.99. The molecular weight excluding hydrogens is 256 g/mol. The van der Waals surface area contributed by atoms with Crippen LogP contribution in [0.1, 0.15) is 40.5 Å². The summed E-state index contributed by atoms with van der Waals surface area (Å²) in [6, 6.07) is 0.0365. The van der Waals surface area contributed by atoms with Crippen LogP contribution in [-0.4, -0.2) is 53.4 Å². The Morgan fingerprint density at radius 3 is 2.70 bits per heavy atom. The van der Waals surface area contributed by atoms with E-state index in [0.717, 1.165) is 19.4 Å². The lowest BCUT2D eigenvalue weighted by Crippen LogP contribution is -2.82. The first-order valence-electron chi connectivity index (χ1n) is 7.61. The quantitative estimate of drug-likeness (QED) is 0.799. The number of nitrogens with zero attached hydrogens (tertiary/aromatic N) is 1. The number of carbonyl (C=O) groups excluding carboxylic acids is 1. The number of aliphatic hydroxyl groups is 1. The minimum Gasteiger partial charge on any atom is -0.395 e. The molecule has 2 rings (SSSR count). The highest BCUT2D eigenvalue weighted by Crippen LogP contribution is 2.58. The highest BCUT2D eigenvalue weighted by Gasteiger charge is 2.70. The van der Waals surface area contributed by atoms with Crippen LogP contribution in [0, 0.1) is 11.3 Å². The second-order valence-corrected chi connectivity index (χ2v) is 6.95. The Morgan fingerprint density at radius 2 is 2.15 bits per heavy atom. The number of rotatable bonds is 4. The number of amides is 1. The van der Waals surface area contributed by atoms with Crippen LogP contribution >= 0.6 is 0 Å². The van der Waals surface area contributed by atoms with Gasteiger partial charge in [-0.05, 0) is 26.7 Å². The molecule has 3 N–H and O–H groups in total. The van der Waals surface area contributed by atoms with E-state index in [4.69, 9.17) is 10.5 Å². The van der Waals surface area contributed by atoms with E-state index in [-0.39, 0.29) is 36.0 Å². The van der Waals surface area contributed by atoms with Gasteiger partial charge in [0.2, 0.25) is 5.91 Å². The van der Waals surface area contributed by atoms with Gasteiger partial charge in [-0.25, -0.2) is 0 Å². The first kappa shape index (κ1) is 15.7. The molecule has 1 saturated heterocycles. The molecule has 0 aromatic rings. The first-order valence-corrected chi connectivity index (χ1v) is 7.61. The van der Waals surface area contributed by atoms with Gasteiger partial charge in [0.05, 0.1) is 12.7 Å². The summed E-state index contributed by atoms with van der Waals surface area (Å²) >= 11 is 0. The fourth-order valence-electron chi connectivity index (χ4n) is 3.95. The van der Waals surface area contributed by atoms with Crippen molar-refractivity contribution in [1.29, 1.82) is 0 Å². The van der Waals surface area contributed by atoms with Gasteiger partial charge in [-0.15, -0.1) is 0 Å². The van der Waals surface area contributed by atoms with Crippen molar-refractivity contribution in [2.24, 2.45) is 17.1 Å². The molecule has 1 amide bonds. The van der Waals surface area contributed by atoms with Gasteiger partial charge in [0.1, 0.15) is 5.54 Å². The molecule has 5 heteroatoms. The monoisotopic (exact) mass is 284 g/mol. The third-order valence-electron chi connectivity index (χ3n) is 5.26. The number of nitrogens with two attached hydrogens (primary N) is 1. The maximum atomic E-state index is 13.0. The second kappa shape index (κ2) is 5.28. The van der Waals surface area contributed by atoms with E-state index in [1.807, 2.05) is 27.7 Å². The lowest BCUT2D eigenvalue weighted by molar-refractivity contribution is -0.231. The molecule has 0 aromatic carbocycles. The molecule has 1 saturated carbocycles. The summed E-state index contributed by atoms with van der Waals surface area (Å²) in [5, 5.41) is 9.19. The van der Waals surface area contributed by atoms with Crippen LogP contribution in [0.15, 0.2) is 0 Å². The van der Waals surface area contributed by atoms with Crippen LogP contribution in [0.5, 0.6) is 0 Å². The first-order chi connectivity index (χ1) is 9.28. The summed E-state index contributed by atoms with van der Waals surface area (Å²) in [6.45, 7) is 9.02. The highest BCUT2D eigenvalue weighted by atomic mass is 16.5. The predicted octanol–water partition coefficient (Wildman–Crippen LogP) is 0.748. The van der Waals surface area contributed by atoms with Crippen LogP contribution in [-0.2, 0) is 9.53 Å². The highest BCUT2D eigenvalue weighted by molar-refractivity contribution is 5.89. The van der Waals surface area contributed by atoms with Gasteiger partial charge in [0, 0.05) is 30.5 Å². The van der Waals surface area contributed by atoms with Gasteiger partial charge in [0.15, 0.2) is 0 Å². The van der Waals surface area contributed by atoms with Gasteiger partial charge in [0.25, 0.3) is 0 Å². The van der Waals surface area contributed by atoms with Gasteiger partial charge in [-0.2, -0.15) is 0 Å². The number of ether oxygens (including phenoxy) is 1. The van der Waals surface area contributed by atoms with E-state index in [0.29, 0.717) is 6.54 Å². The molecule has 0 spiro atoms. The maximum Gasteiger partial charge on any atom is 0.244 e. The van der Waals surface area contributed by atoms with Gasteiger partial charge in [-0.1, -0.05) is 13.8 Å². The average molecular weight is 284 g/mol. The Bertz CT molecular complexity index is 383. The van der Waals surface area contributed by atoms with Crippen LogP contribution in [0.25, 0.3) is 0 Å². The van der Waals surface area contributed by atoms with Crippen molar-refractivity contribution in [2.45, 2.75) is 58.2 Å². The van der Waals surface area contributed by atoms with Crippen molar-refractivity contribution in [1.82, 2.24) is 4.90 Å². The summed E-state index contributed by atoms with van der Waals surface area (Å²) in [5.74, 6) is 0.0528. The zero-order valence-electron chi connectivity index (χ0n) is 13.1. The van der Waals surface area contributed by atoms with Crippen LogP contribution in [0.2, 0.25) is 0 Å². The third kappa shape index (κ3) is 1.98. The number of aliphatic hydroxyl groups excluding tert-OH is 1. The van der Waals surface area contributed by atoms with E-state index in [9.17, 15) is 9.90 Å². The zero-order chi connectivity index (χ0) is 15.1. The Labute approximate surface area is 121 Å². The van der Waals surface area contributed by atoms with E-state index < -0.39 is 5.54 Å². The summed E-state index contributed by atoms with van der Waals surface area (Å²) < 4.78 is 5.84. The minimum absolute atomic E-state index is 0.0365. The van der Waals surface area contributed by atoms with Crippen molar-refractivity contribution < 1.29 is 14.6 Å². The zero-order valence-corrected chi connectivity index (χ0v) is 13.1. The molecule has 5 nitrogen and oxygen atoms in total. The molecule has 3 unspecified atom stereocenters. The summed E-state index contributed by atoms with van der Waals surface area (Å²) in [4.78, 5) is 14.7. The Balaban J connectivity index is 2.26. The predicted molar refractivity (Wildman–Crippen MR) is 77.1 cm³/mol. The van der Waals surface area contributed by atoms with E-state index in [2.05, 4.69) is 0 Å². The number of hydrogen-bond acceptors (Lipinski definition) is 4. The molecule has 20 heavy (non-hydrogen) atoms. The summed E-state index contributed by atoms with van der Waals surface area (Å²) in [7, 11) is 0. The Kier molecular flexibility index (Phi) is 4.15. The number of carbonyl (C=O) groups is 1. The van der Waals surface area contributed by atoms with Gasteiger partial charge in [-0.3, -0.25) is 4.79 Å². The molecule has 0 bridgehead atoms. The normalized spacial score (nSPS) is 35.4. The molecule has 3 atom stereocenters. The number of fused-ring (bicyclic) bond motifs is 1. The fourth-order valence-corrected chi connectivity index (χ4v) is 3.95. The second-order valence-electron chi connectivity index (χ2n) is 6.95. The van der Waals surface area contributed by atoms with Gasteiger partial charge < -0.3 is 20.5 Å². The molecule has 2 fully saturated rings. The minimum atomic E-state index is -0.877. The van der Waals surface area contributed by atoms with E-state index in [1.165, 1.54) is 0 Å². The molecular formula is C15H28N2O3. The molecule has 0 aromatic heterocycles. The lowest BCUT2D eigenvalue weighted by atomic mass is 9.46. The third-order valence-corrected chi connectivity index (χ3v) is 5.26. The number of hydrogen-bond donors (Lipinski definition) is 2. The van der Waals surface area contributed by atoms with Crippen molar-refractivity contribution >= 4 is 5.91 Å². The van der Waals surface area contributed by atoms with Crippen LogP contribution in [0.3, 0.4) is 0 Å². The average Bonchev–Trinajstić information content (AvgIpc) is 2.42. The maximum absolute atomic E-state index is 13.0. The topological polar surface area (TPSA) is 75.8 Å². The van der Waals surface area contributed by atoms with Crippen molar-refractivity contribution in [2.75, 3.05) is 19.8 Å². The van der Waals surface area contributed by atoms with Gasteiger partial charge >= 0.3 is 0 Å². The van der Waals surface area contributed by atoms with Crippen molar-refractivity contribution in [3.8, 4) is 0 Å². The molecule has 2 aliphatic rings. The smallest absolute Gasteiger partial charge is 0.244 e. The molecule has 1 heterocycles. The van der Waals surface area contributed by atoms with E-state index >= 15 is 0 Å². The fraction of sp³-hybridized carbons (Fsp3) is 0.933. The SMILES string of the molecule is CC(C)N(CCO)C(=O)C1(N)C2CCCOC2C1(C)C. The van der Waals surface area contributed by atoms with Crippen LogP contribution < -0.4 is 5.73 Å². The standard InChI is InChI=1S/C15H28N2O3/c1-10(2)17(7-8-18)13(19)15(16)11-6-5-9-20-12(11)14(15,3)4/h10-12,18H,5-9,16H2,1-4H3. The largest absolute Gasteiger partial charge is 0.395 e. The Hall–Kier alpha value is -0.650. The molecule has 116 valence electrons. The molecule has 1 aliphatic carbocycles. The van der Waals surface area contributed by atoms with Crippen LogP contribution in [0.4, 0.5) is 0 Å².